The maximum atomic E-state index is 13.6. The van der Waals surface area contributed by atoms with E-state index < -0.39 is 6.04 Å². The van der Waals surface area contributed by atoms with E-state index in [0.717, 1.165) is 17.5 Å². The highest BCUT2D eigenvalue weighted by atomic mass is 35.5. The number of ether oxygens (including phenoxy) is 1. The fraction of sp³-hybridized carbons (Fsp3) is 0.355. The molecule has 2 atom stereocenters. The number of carbonyl (C=O) groups is 2. The van der Waals surface area contributed by atoms with Gasteiger partial charge in [0.25, 0.3) is 5.91 Å². The molecule has 0 saturated carbocycles. The van der Waals surface area contributed by atoms with Crippen molar-refractivity contribution < 1.29 is 14.3 Å². The lowest BCUT2D eigenvalue weighted by Gasteiger charge is -2.32. The first-order chi connectivity index (χ1) is 17.8. The molecule has 0 aliphatic carbocycles. The smallest absolute Gasteiger partial charge is 0.261 e. The second-order valence-electron chi connectivity index (χ2n) is 9.68. The normalized spacial score (nSPS) is 12.6. The average Bonchev–Trinajstić information content (AvgIpc) is 2.91. The van der Waals surface area contributed by atoms with Crippen molar-refractivity contribution in [2.45, 2.75) is 65.1 Å². The van der Waals surface area contributed by atoms with Gasteiger partial charge in [-0.05, 0) is 60.2 Å². The second kappa shape index (κ2) is 13.8. The van der Waals surface area contributed by atoms with Gasteiger partial charge < -0.3 is 15.0 Å². The Morgan fingerprint density at radius 3 is 2.14 bits per heavy atom. The maximum absolute atomic E-state index is 13.6. The van der Waals surface area contributed by atoms with E-state index in [4.69, 9.17) is 16.3 Å². The van der Waals surface area contributed by atoms with Gasteiger partial charge in [0, 0.05) is 24.0 Å². The van der Waals surface area contributed by atoms with Crippen LogP contribution in [-0.2, 0) is 22.6 Å². The van der Waals surface area contributed by atoms with Crippen molar-refractivity contribution in [3.05, 3.63) is 101 Å². The third kappa shape index (κ3) is 8.64. The van der Waals surface area contributed by atoms with Gasteiger partial charge in [0.05, 0.1) is 0 Å². The highest BCUT2D eigenvalue weighted by Gasteiger charge is 2.31. The van der Waals surface area contributed by atoms with E-state index in [1.165, 1.54) is 5.56 Å². The number of halogens is 1. The fourth-order valence-corrected chi connectivity index (χ4v) is 4.08. The van der Waals surface area contributed by atoms with Crippen LogP contribution in [0.15, 0.2) is 78.9 Å². The summed E-state index contributed by atoms with van der Waals surface area (Å²) in [4.78, 5) is 28.8. The minimum atomic E-state index is -0.702. The van der Waals surface area contributed by atoms with Crippen molar-refractivity contribution in [3.63, 3.8) is 0 Å². The fourth-order valence-electron chi connectivity index (χ4n) is 3.96. The highest BCUT2D eigenvalue weighted by molar-refractivity contribution is 6.30. The topological polar surface area (TPSA) is 58.6 Å². The lowest BCUT2D eigenvalue weighted by atomic mass is 10.0. The van der Waals surface area contributed by atoms with Gasteiger partial charge in [-0.2, -0.15) is 0 Å². The largest absolute Gasteiger partial charge is 0.484 e. The lowest BCUT2D eigenvalue weighted by Crippen LogP contribution is -2.53. The molecule has 3 aromatic carbocycles. The summed E-state index contributed by atoms with van der Waals surface area (Å²) >= 11 is 6.09. The molecule has 0 aliphatic rings. The van der Waals surface area contributed by atoms with Crippen LogP contribution in [0.1, 0.15) is 56.7 Å². The van der Waals surface area contributed by atoms with Crippen molar-refractivity contribution in [2.75, 3.05) is 6.61 Å². The molecule has 0 heterocycles. The molecule has 5 nitrogen and oxygen atoms in total. The molecule has 3 rings (SSSR count). The number of nitrogens with zero attached hydrogens (tertiary/aromatic N) is 1. The summed E-state index contributed by atoms with van der Waals surface area (Å²) in [5, 5.41) is 3.69. The lowest BCUT2D eigenvalue weighted by molar-refractivity contribution is -0.143. The zero-order chi connectivity index (χ0) is 26.8. The minimum absolute atomic E-state index is 0.00557. The third-order valence-corrected chi connectivity index (χ3v) is 6.70. The van der Waals surface area contributed by atoms with Gasteiger partial charge in [0.15, 0.2) is 6.61 Å². The summed E-state index contributed by atoms with van der Waals surface area (Å²) in [6.07, 6.45) is 1.19. The molecular formula is C31H37ClN2O3. The van der Waals surface area contributed by atoms with Crippen LogP contribution >= 0.6 is 11.6 Å². The Kier molecular flexibility index (Phi) is 10.6. The Morgan fingerprint density at radius 2 is 1.54 bits per heavy atom. The van der Waals surface area contributed by atoms with E-state index in [2.05, 4.69) is 19.2 Å². The summed E-state index contributed by atoms with van der Waals surface area (Å²) in [7, 11) is 0. The molecule has 0 aliphatic heterocycles. The average molecular weight is 521 g/mol. The molecule has 1 N–H and O–H groups in total. The SMILES string of the molecule is CC[C@@H](C)NC(=O)[C@@H](Cc1ccccc1)N(Cc1ccc(Cl)cc1)C(=O)COc1ccc(C(C)C)cc1. The maximum Gasteiger partial charge on any atom is 0.261 e. The molecule has 0 radical (unpaired) electrons. The van der Waals surface area contributed by atoms with Crippen molar-refractivity contribution in [2.24, 2.45) is 0 Å². The molecule has 0 fully saturated rings. The van der Waals surface area contributed by atoms with Gasteiger partial charge in [0.1, 0.15) is 11.8 Å². The first-order valence-corrected chi connectivity index (χ1v) is 13.3. The summed E-state index contributed by atoms with van der Waals surface area (Å²) < 4.78 is 5.88. The van der Waals surface area contributed by atoms with E-state index in [1.54, 1.807) is 17.0 Å². The Morgan fingerprint density at radius 1 is 0.892 bits per heavy atom. The van der Waals surface area contributed by atoms with E-state index in [0.29, 0.717) is 23.1 Å². The predicted molar refractivity (Wildman–Crippen MR) is 150 cm³/mol. The molecule has 0 bridgehead atoms. The van der Waals surface area contributed by atoms with Crippen LogP contribution in [0.3, 0.4) is 0 Å². The molecule has 0 saturated heterocycles. The van der Waals surface area contributed by atoms with Gasteiger partial charge >= 0.3 is 0 Å². The Labute approximate surface area is 225 Å². The number of carbonyl (C=O) groups excluding carboxylic acids is 2. The summed E-state index contributed by atoms with van der Waals surface area (Å²) in [5.41, 5.74) is 3.06. The molecule has 196 valence electrons. The quantitative estimate of drug-likeness (QED) is 0.301. The van der Waals surface area contributed by atoms with Crippen LogP contribution in [0, 0.1) is 0 Å². The van der Waals surface area contributed by atoms with E-state index in [1.807, 2.05) is 80.6 Å². The molecule has 37 heavy (non-hydrogen) atoms. The second-order valence-corrected chi connectivity index (χ2v) is 10.1. The first kappa shape index (κ1) is 28.3. The van der Waals surface area contributed by atoms with Crippen LogP contribution in [0.25, 0.3) is 0 Å². The van der Waals surface area contributed by atoms with Gasteiger partial charge in [-0.25, -0.2) is 0 Å². The summed E-state index contributed by atoms with van der Waals surface area (Å²) in [5.74, 6) is 0.589. The summed E-state index contributed by atoms with van der Waals surface area (Å²) in [6, 6.07) is 24.2. The first-order valence-electron chi connectivity index (χ1n) is 12.9. The van der Waals surface area contributed by atoms with E-state index >= 15 is 0 Å². The Balaban J connectivity index is 1.88. The molecule has 0 unspecified atom stereocenters. The van der Waals surface area contributed by atoms with Crippen LogP contribution in [0.4, 0.5) is 0 Å². The van der Waals surface area contributed by atoms with Crippen molar-refractivity contribution in [1.82, 2.24) is 10.2 Å². The molecular weight excluding hydrogens is 484 g/mol. The minimum Gasteiger partial charge on any atom is -0.484 e. The number of hydrogen-bond acceptors (Lipinski definition) is 3. The standard InChI is InChI=1S/C31H37ClN2O3/c1-5-23(4)33-31(36)29(19-24-9-7-6-8-10-24)34(20-25-11-15-27(32)16-12-25)30(35)21-37-28-17-13-26(14-18-28)22(2)3/h6-18,22-23,29H,5,19-21H2,1-4H3,(H,33,36)/t23-,29-/m1/s1. The van der Waals surface area contributed by atoms with Crippen LogP contribution in [-0.4, -0.2) is 35.4 Å². The molecule has 2 amide bonds. The Hall–Kier alpha value is -3.31. The Bertz CT molecular complexity index is 1130. The third-order valence-electron chi connectivity index (χ3n) is 6.45. The van der Waals surface area contributed by atoms with E-state index in [9.17, 15) is 9.59 Å². The highest BCUT2D eigenvalue weighted by Crippen LogP contribution is 2.20. The van der Waals surface area contributed by atoms with Gasteiger partial charge in [-0.1, -0.05) is 87.0 Å². The van der Waals surface area contributed by atoms with Gasteiger partial charge in [-0.15, -0.1) is 0 Å². The zero-order valence-electron chi connectivity index (χ0n) is 22.1. The molecule has 0 spiro atoms. The number of hydrogen-bond donors (Lipinski definition) is 1. The van der Waals surface area contributed by atoms with Crippen molar-refractivity contribution in [3.8, 4) is 5.75 Å². The molecule has 6 heteroatoms. The van der Waals surface area contributed by atoms with Gasteiger partial charge in [-0.3, -0.25) is 9.59 Å². The van der Waals surface area contributed by atoms with Crippen LogP contribution in [0.2, 0.25) is 5.02 Å². The van der Waals surface area contributed by atoms with E-state index in [-0.39, 0.29) is 31.0 Å². The number of nitrogens with one attached hydrogen (secondary N) is 1. The number of amides is 2. The van der Waals surface area contributed by atoms with Gasteiger partial charge in [0.2, 0.25) is 5.91 Å². The summed E-state index contributed by atoms with van der Waals surface area (Å²) in [6.45, 7) is 8.34. The molecule has 3 aromatic rings. The zero-order valence-corrected chi connectivity index (χ0v) is 22.9. The molecule has 0 aromatic heterocycles. The van der Waals surface area contributed by atoms with Crippen LogP contribution < -0.4 is 10.1 Å². The van der Waals surface area contributed by atoms with Crippen LogP contribution in [0.5, 0.6) is 5.75 Å². The van der Waals surface area contributed by atoms with Crippen molar-refractivity contribution in [1.29, 1.82) is 0 Å². The van der Waals surface area contributed by atoms with Crippen molar-refractivity contribution >= 4 is 23.4 Å². The number of benzene rings is 3. The monoisotopic (exact) mass is 520 g/mol. The number of rotatable bonds is 12. The predicted octanol–water partition coefficient (Wildman–Crippen LogP) is 6.40.